The zero-order chi connectivity index (χ0) is 19.4. The molecule has 6 heteroatoms. The SMILES string of the molecule is C[C@@H]1CN(Cc2ccc(F)cc2)[C@@H](C)CN1C(=O)COc1ccccc1I. The Morgan fingerprint density at radius 3 is 2.52 bits per heavy atom. The van der Waals surface area contributed by atoms with Gasteiger partial charge in [-0.3, -0.25) is 9.69 Å². The molecule has 0 N–H and O–H groups in total. The molecule has 2 aromatic rings. The van der Waals surface area contributed by atoms with Gasteiger partial charge in [-0.05, 0) is 66.3 Å². The van der Waals surface area contributed by atoms with Gasteiger partial charge in [-0.25, -0.2) is 4.39 Å². The number of rotatable bonds is 5. The molecule has 1 amide bonds. The van der Waals surface area contributed by atoms with Crippen molar-refractivity contribution in [2.45, 2.75) is 32.5 Å². The second-order valence-electron chi connectivity index (χ2n) is 7.02. The zero-order valence-electron chi connectivity index (χ0n) is 15.6. The first-order valence-corrected chi connectivity index (χ1v) is 10.2. The summed E-state index contributed by atoms with van der Waals surface area (Å²) in [5.74, 6) is 0.529. The van der Waals surface area contributed by atoms with Crippen LogP contribution in [0.4, 0.5) is 4.39 Å². The maximum atomic E-state index is 13.1. The number of para-hydroxylation sites is 1. The fourth-order valence-corrected chi connectivity index (χ4v) is 3.92. The second-order valence-corrected chi connectivity index (χ2v) is 8.18. The Kier molecular flexibility index (Phi) is 6.70. The van der Waals surface area contributed by atoms with Crippen molar-refractivity contribution in [1.29, 1.82) is 0 Å². The van der Waals surface area contributed by atoms with Crippen LogP contribution in [0.1, 0.15) is 19.4 Å². The van der Waals surface area contributed by atoms with Gasteiger partial charge in [0.25, 0.3) is 5.91 Å². The number of piperazine rings is 1. The van der Waals surface area contributed by atoms with Crippen molar-refractivity contribution >= 4 is 28.5 Å². The maximum absolute atomic E-state index is 13.1. The summed E-state index contributed by atoms with van der Waals surface area (Å²) in [6.45, 7) is 6.44. The Hall–Kier alpha value is -1.67. The second kappa shape index (κ2) is 9.01. The van der Waals surface area contributed by atoms with Crippen molar-refractivity contribution in [2.24, 2.45) is 0 Å². The summed E-state index contributed by atoms with van der Waals surface area (Å²) in [5.41, 5.74) is 1.08. The van der Waals surface area contributed by atoms with Gasteiger partial charge in [0.05, 0.1) is 3.57 Å². The lowest BCUT2D eigenvalue weighted by atomic mass is 10.1. The minimum atomic E-state index is -0.219. The summed E-state index contributed by atoms with van der Waals surface area (Å²) in [6, 6.07) is 14.6. The third-order valence-electron chi connectivity index (χ3n) is 4.92. The Labute approximate surface area is 173 Å². The standard InChI is InChI=1S/C21H24FIN2O2/c1-15-12-25(21(26)14-27-20-6-4-3-5-19(20)23)16(2)11-24(15)13-17-7-9-18(22)10-8-17/h3-10,15-16H,11-14H2,1-2H3/t15-,16+/m0/s1. The molecule has 1 saturated heterocycles. The molecular formula is C21H24FIN2O2. The van der Waals surface area contributed by atoms with E-state index in [0.29, 0.717) is 6.54 Å². The van der Waals surface area contributed by atoms with Crippen molar-refractivity contribution in [2.75, 3.05) is 19.7 Å². The van der Waals surface area contributed by atoms with E-state index in [2.05, 4.69) is 41.3 Å². The van der Waals surface area contributed by atoms with Crippen LogP contribution < -0.4 is 4.74 Å². The Morgan fingerprint density at radius 2 is 1.81 bits per heavy atom. The molecule has 0 aromatic heterocycles. The smallest absolute Gasteiger partial charge is 0.260 e. The predicted octanol–water partition coefficient (Wildman–Crippen LogP) is 3.93. The Morgan fingerprint density at radius 1 is 1.11 bits per heavy atom. The molecular weight excluding hydrogens is 458 g/mol. The van der Waals surface area contributed by atoms with Crippen LogP contribution in [-0.2, 0) is 11.3 Å². The topological polar surface area (TPSA) is 32.8 Å². The van der Waals surface area contributed by atoms with E-state index in [-0.39, 0.29) is 30.4 Å². The molecule has 0 unspecified atom stereocenters. The summed E-state index contributed by atoms with van der Waals surface area (Å²) in [4.78, 5) is 16.9. The molecule has 0 saturated carbocycles. The Bertz CT molecular complexity index is 784. The van der Waals surface area contributed by atoms with E-state index >= 15 is 0 Å². The predicted molar refractivity (Wildman–Crippen MR) is 112 cm³/mol. The molecule has 27 heavy (non-hydrogen) atoms. The van der Waals surface area contributed by atoms with Crippen molar-refractivity contribution in [3.63, 3.8) is 0 Å². The quantitative estimate of drug-likeness (QED) is 0.606. The molecule has 1 heterocycles. The van der Waals surface area contributed by atoms with Crippen LogP contribution in [0.2, 0.25) is 0 Å². The average molecular weight is 482 g/mol. The van der Waals surface area contributed by atoms with Gasteiger partial charge in [-0.2, -0.15) is 0 Å². The lowest BCUT2D eigenvalue weighted by molar-refractivity contribution is -0.139. The normalized spacial score (nSPS) is 20.5. The van der Waals surface area contributed by atoms with Gasteiger partial charge in [-0.15, -0.1) is 0 Å². The fraction of sp³-hybridized carbons (Fsp3) is 0.381. The third-order valence-corrected chi connectivity index (χ3v) is 5.81. The summed E-state index contributed by atoms with van der Waals surface area (Å²) >= 11 is 2.20. The monoisotopic (exact) mass is 482 g/mol. The van der Waals surface area contributed by atoms with Crippen molar-refractivity contribution < 1.29 is 13.9 Å². The number of carbonyl (C=O) groups is 1. The van der Waals surface area contributed by atoms with E-state index in [0.717, 1.165) is 28.0 Å². The minimum Gasteiger partial charge on any atom is -0.483 e. The van der Waals surface area contributed by atoms with Crippen molar-refractivity contribution in [3.8, 4) is 5.75 Å². The van der Waals surface area contributed by atoms with Crippen LogP contribution in [0.15, 0.2) is 48.5 Å². The van der Waals surface area contributed by atoms with E-state index in [1.54, 1.807) is 0 Å². The van der Waals surface area contributed by atoms with Crippen LogP contribution in [0.25, 0.3) is 0 Å². The molecule has 144 valence electrons. The summed E-state index contributed by atoms with van der Waals surface area (Å²) < 4.78 is 19.8. The highest BCUT2D eigenvalue weighted by Gasteiger charge is 2.32. The van der Waals surface area contributed by atoms with Crippen LogP contribution in [0, 0.1) is 9.39 Å². The molecule has 4 nitrogen and oxygen atoms in total. The van der Waals surface area contributed by atoms with E-state index in [4.69, 9.17) is 4.74 Å². The first kappa shape index (κ1) is 20.1. The fourth-order valence-electron chi connectivity index (χ4n) is 3.37. The minimum absolute atomic E-state index is 0.00966. The summed E-state index contributed by atoms with van der Waals surface area (Å²) in [5, 5.41) is 0. The highest BCUT2D eigenvalue weighted by molar-refractivity contribution is 14.1. The number of halogens is 2. The van der Waals surface area contributed by atoms with E-state index in [1.165, 1.54) is 12.1 Å². The molecule has 1 aliphatic heterocycles. The van der Waals surface area contributed by atoms with Gasteiger partial charge in [0, 0.05) is 31.7 Å². The highest BCUT2D eigenvalue weighted by Crippen LogP contribution is 2.21. The van der Waals surface area contributed by atoms with Gasteiger partial charge >= 0.3 is 0 Å². The maximum Gasteiger partial charge on any atom is 0.260 e. The average Bonchev–Trinajstić information content (AvgIpc) is 2.65. The van der Waals surface area contributed by atoms with Crippen LogP contribution >= 0.6 is 22.6 Å². The van der Waals surface area contributed by atoms with Crippen LogP contribution in [0.5, 0.6) is 5.75 Å². The molecule has 0 bridgehead atoms. The highest BCUT2D eigenvalue weighted by atomic mass is 127. The molecule has 0 radical (unpaired) electrons. The first-order valence-electron chi connectivity index (χ1n) is 9.09. The summed E-state index contributed by atoms with van der Waals surface area (Å²) in [7, 11) is 0. The van der Waals surface area contributed by atoms with Crippen molar-refractivity contribution in [1.82, 2.24) is 9.80 Å². The number of hydrogen-bond donors (Lipinski definition) is 0. The largest absolute Gasteiger partial charge is 0.483 e. The lowest BCUT2D eigenvalue weighted by Crippen LogP contribution is -2.58. The van der Waals surface area contributed by atoms with Gasteiger partial charge in [0.2, 0.25) is 0 Å². The number of amides is 1. The molecule has 0 spiro atoms. The number of ether oxygens (including phenoxy) is 1. The number of hydrogen-bond acceptors (Lipinski definition) is 3. The van der Waals surface area contributed by atoms with Gasteiger partial charge in [-0.1, -0.05) is 24.3 Å². The number of carbonyl (C=O) groups excluding carboxylic acids is 1. The molecule has 1 fully saturated rings. The number of nitrogens with zero attached hydrogens (tertiary/aromatic N) is 2. The molecule has 1 aliphatic rings. The first-order chi connectivity index (χ1) is 12.9. The van der Waals surface area contributed by atoms with Gasteiger partial charge < -0.3 is 9.64 Å². The van der Waals surface area contributed by atoms with E-state index in [1.807, 2.05) is 41.3 Å². The van der Waals surface area contributed by atoms with Crippen LogP contribution in [0.3, 0.4) is 0 Å². The summed E-state index contributed by atoms with van der Waals surface area (Å²) in [6.07, 6.45) is 0. The van der Waals surface area contributed by atoms with Gasteiger partial charge in [0.15, 0.2) is 6.61 Å². The van der Waals surface area contributed by atoms with Gasteiger partial charge in [0.1, 0.15) is 11.6 Å². The van der Waals surface area contributed by atoms with E-state index in [9.17, 15) is 9.18 Å². The van der Waals surface area contributed by atoms with Crippen LogP contribution in [-0.4, -0.2) is 47.5 Å². The number of benzene rings is 2. The zero-order valence-corrected chi connectivity index (χ0v) is 17.7. The molecule has 2 atom stereocenters. The molecule has 3 rings (SSSR count). The third kappa shape index (κ3) is 5.19. The van der Waals surface area contributed by atoms with E-state index < -0.39 is 0 Å². The Balaban J connectivity index is 1.56. The molecule has 0 aliphatic carbocycles. The van der Waals surface area contributed by atoms with Crippen molar-refractivity contribution in [3.05, 3.63) is 63.5 Å². The lowest BCUT2D eigenvalue weighted by Gasteiger charge is -2.44. The molecule has 2 aromatic carbocycles.